The number of alkyl carbamates (subject to hydrolysis) is 1. The fourth-order valence-corrected chi connectivity index (χ4v) is 1.85. The van der Waals surface area contributed by atoms with Gasteiger partial charge in [-0.15, -0.1) is 0 Å². The van der Waals surface area contributed by atoms with Crippen molar-refractivity contribution in [2.45, 2.75) is 64.1 Å². The maximum atomic E-state index is 11.7. The van der Waals surface area contributed by atoms with E-state index in [1.807, 2.05) is 20.8 Å². The van der Waals surface area contributed by atoms with Gasteiger partial charge in [-0.05, 0) is 46.5 Å². The van der Waals surface area contributed by atoms with E-state index in [0.29, 0.717) is 0 Å². The Labute approximate surface area is 104 Å². The smallest absolute Gasteiger partial charge is 0.407 e. The number of allylic oxidation sites excluding steroid dienone is 2. The van der Waals surface area contributed by atoms with Crippen molar-refractivity contribution < 1.29 is 9.53 Å². The topological polar surface area (TPSA) is 64.3 Å². The van der Waals surface area contributed by atoms with Crippen LogP contribution in [0, 0.1) is 0 Å². The van der Waals surface area contributed by atoms with E-state index >= 15 is 0 Å². The third-order valence-corrected chi connectivity index (χ3v) is 2.70. The zero-order valence-corrected chi connectivity index (χ0v) is 11.0. The zero-order chi connectivity index (χ0) is 12.9. The quantitative estimate of drug-likeness (QED) is 0.691. The monoisotopic (exact) mass is 240 g/mol. The van der Waals surface area contributed by atoms with Gasteiger partial charge in [0.2, 0.25) is 0 Å². The highest BCUT2D eigenvalue weighted by Gasteiger charge is 2.23. The largest absolute Gasteiger partial charge is 0.444 e. The zero-order valence-electron chi connectivity index (χ0n) is 11.0. The van der Waals surface area contributed by atoms with Gasteiger partial charge in [0.15, 0.2) is 0 Å². The second kappa shape index (κ2) is 6.05. The summed E-state index contributed by atoms with van der Waals surface area (Å²) in [5.41, 5.74) is 5.59. The van der Waals surface area contributed by atoms with E-state index < -0.39 is 5.60 Å². The number of nitrogens with one attached hydrogen (secondary N) is 1. The van der Waals surface area contributed by atoms with Gasteiger partial charge in [-0.2, -0.15) is 0 Å². The average molecular weight is 240 g/mol. The summed E-state index contributed by atoms with van der Waals surface area (Å²) >= 11 is 0. The second-order valence-corrected chi connectivity index (χ2v) is 5.54. The molecule has 1 aliphatic rings. The summed E-state index contributed by atoms with van der Waals surface area (Å²) in [5, 5.41) is 2.87. The highest BCUT2D eigenvalue weighted by atomic mass is 16.6. The minimum absolute atomic E-state index is 0.00692. The number of rotatable bonds is 1. The third kappa shape index (κ3) is 5.73. The fraction of sp³-hybridized carbons (Fsp3) is 0.769. The molecule has 0 aromatic carbocycles. The summed E-state index contributed by atoms with van der Waals surface area (Å²) in [7, 11) is 0. The highest BCUT2D eigenvalue weighted by molar-refractivity contribution is 5.68. The first-order chi connectivity index (χ1) is 7.88. The van der Waals surface area contributed by atoms with E-state index in [1.54, 1.807) is 0 Å². The van der Waals surface area contributed by atoms with Crippen LogP contribution in [0.2, 0.25) is 0 Å². The van der Waals surface area contributed by atoms with Gasteiger partial charge in [0, 0.05) is 12.1 Å². The molecule has 0 saturated carbocycles. The standard InChI is InChI=1S/C13H24N2O2/c1-13(2,3)17-12(16)15-11-9-7-5-4-6-8-10(11)14/h4-5,10-11H,6-9,14H2,1-3H3,(H,15,16)/b5-4+/t10-,11?/m0/s1. The third-order valence-electron chi connectivity index (χ3n) is 2.70. The number of amides is 1. The lowest BCUT2D eigenvalue weighted by Crippen LogP contribution is -2.49. The van der Waals surface area contributed by atoms with Crippen molar-refractivity contribution in [3.8, 4) is 0 Å². The van der Waals surface area contributed by atoms with Crippen LogP contribution in [-0.2, 0) is 4.74 Å². The number of hydrogen-bond acceptors (Lipinski definition) is 3. The van der Waals surface area contributed by atoms with Gasteiger partial charge in [0.25, 0.3) is 0 Å². The molecule has 1 aliphatic carbocycles. The second-order valence-electron chi connectivity index (χ2n) is 5.54. The van der Waals surface area contributed by atoms with E-state index in [-0.39, 0.29) is 18.2 Å². The van der Waals surface area contributed by atoms with Crippen LogP contribution in [0.3, 0.4) is 0 Å². The molecule has 3 N–H and O–H groups in total. The van der Waals surface area contributed by atoms with Gasteiger partial charge in [-0.1, -0.05) is 12.2 Å². The molecule has 0 heterocycles. The Bertz CT molecular complexity index is 282. The molecule has 0 bridgehead atoms. The van der Waals surface area contributed by atoms with Crippen molar-refractivity contribution >= 4 is 6.09 Å². The molecule has 4 nitrogen and oxygen atoms in total. The van der Waals surface area contributed by atoms with Crippen molar-refractivity contribution in [1.29, 1.82) is 0 Å². The normalized spacial score (nSPS) is 27.8. The molecular formula is C13H24N2O2. The van der Waals surface area contributed by atoms with E-state index in [1.165, 1.54) is 0 Å². The van der Waals surface area contributed by atoms with Gasteiger partial charge in [-0.25, -0.2) is 4.79 Å². The Morgan fingerprint density at radius 1 is 1.29 bits per heavy atom. The lowest BCUT2D eigenvalue weighted by atomic mass is 9.96. The Balaban J connectivity index is 2.47. The van der Waals surface area contributed by atoms with Crippen molar-refractivity contribution in [1.82, 2.24) is 5.32 Å². The molecule has 98 valence electrons. The molecular weight excluding hydrogens is 216 g/mol. The SMILES string of the molecule is CC(C)(C)OC(=O)NC1CC/C=C/CC[C@@H]1N. The van der Waals surface area contributed by atoms with Crippen molar-refractivity contribution in [2.75, 3.05) is 0 Å². The molecule has 4 heteroatoms. The van der Waals surface area contributed by atoms with E-state index in [4.69, 9.17) is 10.5 Å². The van der Waals surface area contributed by atoms with Gasteiger partial charge in [-0.3, -0.25) is 0 Å². The number of hydrogen-bond donors (Lipinski definition) is 2. The molecule has 0 aliphatic heterocycles. The molecule has 1 unspecified atom stereocenters. The minimum Gasteiger partial charge on any atom is -0.444 e. The predicted octanol–water partition coefficient (Wildman–Crippen LogP) is 2.34. The molecule has 0 aromatic heterocycles. The van der Waals surface area contributed by atoms with Crippen LogP contribution in [0.4, 0.5) is 4.79 Å². The van der Waals surface area contributed by atoms with Crippen LogP contribution in [0.25, 0.3) is 0 Å². The first-order valence-corrected chi connectivity index (χ1v) is 6.28. The number of ether oxygens (including phenoxy) is 1. The Hall–Kier alpha value is -1.03. The summed E-state index contributed by atoms with van der Waals surface area (Å²) in [6.45, 7) is 5.56. The van der Waals surface area contributed by atoms with Crippen LogP contribution < -0.4 is 11.1 Å². The molecule has 1 amide bonds. The van der Waals surface area contributed by atoms with Crippen LogP contribution in [0.5, 0.6) is 0 Å². The Morgan fingerprint density at radius 3 is 2.47 bits per heavy atom. The van der Waals surface area contributed by atoms with Gasteiger partial charge < -0.3 is 15.8 Å². The molecule has 17 heavy (non-hydrogen) atoms. The minimum atomic E-state index is -0.463. The van der Waals surface area contributed by atoms with E-state index in [9.17, 15) is 4.79 Å². The summed E-state index contributed by atoms with van der Waals surface area (Å²) < 4.78 is 5.24. The maximum Gasteiger partial charge on any atom is 0.407 e. The van der Waals surface area contributed by atoms with Crippen molar-refractivity contribution in [3.05, 3.63) is 12.2 Å². The molecule has 0 saturated heterocycles. The first kappa shape index (κ1) is 14.0. The summed E-state index contributed by atoms with van der Waals surface area (Å²) in [5.74, 6) is 0. The lowest BCUT2D eigenvalue weighted by Gasteiger charge is -2.27. The van der Waals surface area contributed by atoms with Gasteiger partial charge in [0.1, 0.15) is 5.60 Å². The summed E-state index contributed by atoms with van der Waals surface area (Å²) in [4.78, 5) is 11.7. The molecule has 0 aromatic rings. The Morgan fingerprint density at radius 2 is 1.88 bits per heavy atom. The lowest BCUT2D eigenvalue weighted by molar-refractivity contribution is 0.0492. The highest BCUT2D eigenvalue weighted by Crippen LogP contribution is 2.13. The summed E-state index contributed by atoms with van der Waals surface area (Å²) in [6, 6.07) is 0.0160. The number of carbonyl (C=O) groups is 1. The molecule has 0 spiro atoms. The number of carbonyl (C=O) groups excluding carboxylic acids is 1. The van der Waals surface area contributed by atoms with Crippen molar-refractivity contribution in [3.63, 3.8) is 0 Å². The Kier molecular flexibility index (Phi) is 5.00. The molecule has 0 fully saturated rings. The maximum absolute atomic E-state index is 11.7. The van der Waals surface area contributed by atoms with E-state index in [0.717, 1.165) is 25.7 Å². The first-order valence-electron chi connectivity index (χ1n) is 6.28. The van der Waals surface area contributed by atoms with Crippen LogP contribution in [-0.4, -0.2) is 23.8 Å². The van der Waals surface area contributed by atoms with Crippen LogP contribution >= 0.6 is 0 Å². The van der Waals surface area contributed by atoms with Crippen LogP contribution in [0.15, 0.2) is 12.2 Å². The van der Waals surface area contributed by atoms with Crippen molar-refractivity contribution in [2.24, 2.45) is 5.73 Å². The predicted molar refractivity (Wildman–Crippen MR) is 68.7 cm³/mol. The molecule has 0 radical (unpaired) electrons. The van der Waals surface area contributed by atoms with Gasteiger partial charge >= 0.3 is 6.09 Å². The fourth-order valence-electron chi connectivity index (χ4n) is 1.85. The van der Waals surface area contributed by atoms with Gasteiger partial charge in [0.05, 0.1) is 0 Å². The molecule has 2 atom stereocenters. The summed E-state index contributed by atoms with van der Waals surface area (Å²) in [6.07, 6.45) is 7.64. The van der Waals surface area contributed by atoms with Crippen LogP contribution in [0.1, 0.15) is 46.5 Å². The molecule has 1 rings (SSSR count). The number of nitrogens with two attached hydrogens (primary N) is 1. The van der Waals surface area contributed by atoms with E-state index in [2.05, 4.69) is 17.5 Å². The average Bonchev–Trinajstić information content (AvgIpc) is 2.15.